The molecule has 3 N–H and O–H groups in total. The molecule has 0 saturated carbocycles. The van der Waals surface area contributed by atoms with Gasteiger partial charge in [0.05, 0.1) is 23.0 Å². The minimum absolute atomic E-state index is 0.0412. The number of hydroxylamine groups is 1. The Morgan fingerprint density at radius 1 is 1.17 bits per heavy atom. The molecule has 10 heteroatoms. The van der Waals surface area contributed by atoms with Gasteiger partial charge in [0, 0.05) is 9.99 Å². The molecule has 0 fully saturated rings. The van der Waals surface area contributed by atoms with Crippen LogP contribution in [0.2, 0.25) is 0 Å². The fraction of sp³-hybridized carbons (Fsp3) is 0.263. The van der Waals surface area contributed by atoms with Gasteiger partial charge in [-0.25, -0.2) is 18.7 Å². The number of anilines is 2. The van der Waals surface area contributed by atoms with Crippen LogP contribution in [0.3, 0.4) is 0 Å². The second-order valence-electron chi connectivity index (χ2n) is 6.18. The summed E-state index contributed by atoms with van der Waals surface area (Å²) >= 11 is 1.90. The van der Waals surface area contributed by atoms with Crippen LogP contribution in [-0.2, 0) is 9.63 Å². The lowest BCUT2D eigenvalue weighted by Gasteiger charge is -2.16. The first kappa shape index (κ1) is 22.9. The van der Waals surface area contributed by atoms with Crippen molar-refractivity contribution in [2.24, 2.45) is 0 Å². The van der Waals surface area contributed by atoms with E-state index in [9.17, 15) is 22.8 Å². The summed E-state index contributed by atoms with van der Waals surface area (Å²) in [6.45, 7) is 1.62. The number of rotatable bonds is 9. The summed E-state index contributed by atoms with van der Waals surface area (Å²) in [6, 6.07) is 5.91. The number of aliphatic carboxylic acids is 1. The molecule has 0 radical (unpaired) electrons. The van der Waals surface area contributed by atoms with Crippen molar-refractivity contribution in [2.75, 3.05) is 5.32 Å². The van der Waals surface area contributed by atoms with Crippen molar-refractivity contribution in [2.45, 2.75) is 32.3 Å². The first-order chi connectivity index (χ1) is 13.7. The van der Waals surface area contributed by atoms with Crippen molar-refractivity contribution in [3.63, 3.8) is 0 Å². The second-order valence-corrected chi connectivity index (χ2v) is 7.42. The Bertz CT molecular complexity index is 911. The van der Waals surface area contributed by atoms with E-state index < -0.39 is 41.1 Å². The Hall–Kier alpha value is -2.34. The zero-order valence-corrected chi connectivity index (χ0v) is 17.4. The number of amides is 1. The molecule has 6 nitrogen and oxygen atoms in total. The number of carbonyl (C=O) groups excluding carboxylic acids is 1. The number of carbonyl (C=O) groups is 2. The molecule has 1 amide bonds. The third-order valence-electron chi connectivity index (χ3n) is 3.88. The van der Waals surface area contributed by atoms with Crippen molar-refractivity contribution >= 4 is 45.8 Å². The number of nitrogens with one attached hydrogen (secondary N) is 2. The zero-order chi connectivity index (χ0) is 21.6. The average Bonchev–Trinajstić information content (AvgIpc) is 2.65. The van der Waals surface area contributed by atoms with Gasteiger partial charge in [0.25, 0.3) is 5.91 Å². The highest BCUT2D eigenvalue weighted by atomic mass is 127. The van der Waals surface area contributed by atoms with Crippen molar-refractivity contribution in [1.29, 1.82) is 0 Å². The number of carboxylic acids is 1. The molecule has 2 aromatic carbocycles. The van der Waals surface area contributed by atoms with E-state index in [0.717, 1.165) is 12.1 Å². The maximum atomic E-state index is 14.3. The van der Waals surface area contributed by atoms with Gasteiger partial charge in [0.15, 0.2) is 11.6 Å². The summed E-state index contributed by atoms with van der Waals surface area (Å²) in [7, 11) is 0. The molecule has 2 aromatic rings. The molecule has 0 aliphatic carbocycles. The van der Waals surface area contributed by atoms with Gasteiger partial charge in [-0.05, 0) is 72.7 Å². The Balaban J connectivity index is 2.14. The van der Waals surface area contributed by atoms with Crippen LogP contribution in [0.5, 0.6) is 0 Å². The molecular weight excluding hydrogens is 504 g/mol. The summed E-state index contributed by atoms with van der Waals surface area (Å²) < 4.78 is 42.7. The largest absolute Gasteiger partial charge is 0.481 e. The predicted molar refractivity (Wildman–Crippen MR) is 108 cm³/mol. The number of halogens is 4. The molecule has 156 valence electrons. The highest BCUT2D eigenvalue weighted by molar-refractivity contribution is 14.1. The molecule has 29 heavy (non-hydrogen) atoms. The Morgan fingerprint density at radius 2 is 1.90 bits per heavy atom. The van der Waals surface area contributed by atoms with E-state index in [4.69, 9.17) is 9.94 Å². The minimum atomic E-state index is -1.34. The van der Waals surface area contributed by atoms with Crippen LogP contribution >= 0.6 is 22.6 Å². The Labute approximate surface area is 178 Å². The van der Waals surface area contributed by atoms with Crippen molar-refractivity contribution in [3.8, 4) is 0 Å². The Kier molecular flexibility index (Phi) is 8.26. The third kappa shape index (κ3) is 6.60. The molecule has 1 unspecified atom stereocenters. The highest BCUT2D eigenvalue weighted by Crippen LogP contribution is 2.28. The highest BCUT2D eigenvalue weighted by Gasteiger charge is 2.21. The van der Waals surface area contributed by atoms with Gasteiger partial charge in [-0.1, -0.05) is 0 Å². The number of carboxylic acid groups (broad SMARTS) is 1. The summed E-state index contributed by atoms with van der Waals surface area (Å²) in [5.74, 6) is -5.07. The van der Waals surface area contributed by atoms with E-state index in [1.54, 1.807) is 13.0 Å². The molecule has 0 aliphatic heterocycles. The smallest absolute Gasteiger partial charge is 0.303 e. The van der Waals surface area contributed by atoms with Crippen molar-refractivity contribution in [1.82, 2.24) is 5.48 Å². The summed E-state index contributed by atoms with van der Waals surface area (Å²) in [4.78, 5) is 28.0. The average molecular weight is 522 g/mol. The van der Waals surface area contributed by atoms with E-state index in [1.165, 1.54) is 12.1 Å². The van der Waals surface area contributed by atoms with E-state index in [1.807, 2.05) is 22.6 Å². The van der Waals surface area contributed by atoms with Crippen LogP contribution in [0.1, 0.15) is 36.5 Å². The summed E-state index contributed by atoms with van der Waals surface area (Å²) in [6.07, 6.45) is 0.161. The van der Waals surface area contributed by atoms with Gasteiger partial charge in [-0.2, -0.15) is 0 Å². The molecule has 0 aromatic heterocycles. The topological polar surface area (TPSA) is 87.7 Å². The minimum Gasteiger partial charge on any atom is -0.481 e. The van der Waals surface area contributed by atoms with Crippen LogP contribution in [0, 0.1) is 21.0 Å². The first-order valence-electron chi connectivity index (χ1n) is 8.57. The molecule has 1 atom stereocenters. The third-order valence-corrected chi connectivity index (χ3v) is 4.56. The lowest BCUT2D eigenvalue weighted by molar-refractivity contribution is -0.137. The van der Waals surface area contributed by atoms with Gasteiger partial charge in [0.1, 0.15) is 5.82 Å². The van der Waals surface area contributed by atoms with Gasteiger partial charge in [0.2, 0.25) is 0 Å². The SMILES string of the molecule is CC(CCCC(=O)O)ONC(=O)c1ccc(F)c(F)c1Nc1ccc(I)cc1F. The quantitative estimate of drug-likeness (QED) is 0.327. The first-order valence-corrected chi connectivity index (χ1v) is 9.64. The van der Waals surface area contributed by atoms with Gasteiger partial charge < -0.3 is 10.4 Å². The van der Waals surface area contributed by atoms with Crippen LogP contribution in [0.4, 0.5) is 24.5 Å². The molecular formula is C19H18F3IN2O4. The standard InChI is InChI=1S/C19H18F3IN2O4/c1-10(3-2-4-16(26)27)29-25-19(28)12-6-7-13(20)17(22)18(12)24-15-8-5-11(23)9-14(15)21/h5-10,24H,2-4H2,1H3,(H,25,28)(H,26,27). The van der Waals surface area contributed by atoms with Crippen LogP contribution in [0.25, 0.3) is 0 Å². The van der Waals surface area contributed by atoms with E-state index >= 15 is 0 Å². The van der Waals surface area contributed by atoms with Crippen LogP contribution < -0.4 is 10.8 Å². The van der Waals surface area contributed by atoms with Gasteiger partial charge >= 0.3 is 5.97 Å². The molecule has 2 rings (SSSR count). The molecule has 0 spiro atoms. The summed E-state index contributed by atoms with van der Waals surface area (Å²) in [5, 5.41) is 11.0. The monoisotopic (exact) mass is 522 g/mol. The lowest BCUT2D eigenvalue weighted by Crippen LogP contribution is -2.29. The predicted octanol–water partition coefficient (Wildman–Crippen LogP) is 4.76. The number of benzene rings is 2. The van der Waals surface area contributed by atoms with Crippen LogP contribution in [-0.4, -0.2) is 23.1 Å². The summed E-state index contributed by atoms with van der Waals surface area (Å²) in [5.41, 5.74) is 1.16. The normalized spacial score (nSPS) is 11.8. The van der Waals surface area contributed by atoms with Gasteiger partial charge in [-0.3, -0.25) is 14.4 Å². The molecule has 0 saturated heterocycles. The van der Waals surface area contributed by atoms with Crippen molar-refractivity contribution < 1.29 is 32.7 Å². The van der Waals surface area contributed by atoms with E-state index in [0.29, 0.717) is 16.4 Å². The molecule has 0 heterocycles. The lowest BCUT2D eigenvalue weighted by atomic mass is 10.1. The van der Waals surface area contributed by atoms with Crippen LogP contribution in [0.15, 0.2) is 30.3 Å². The fourth-order valence-corrected chi connectivity index (χ4v) is 2.85. The second kappa shape index (κ2) is 10.4. The van der Waals surface area contributed by atoms with E-state index in [2.05, 4.69) is 10.8 Å². The van der Waals surface area contributed by atoms with Gasteiger partial charge in [-0.15, -0.1) is 0 Å². The maximum Gasteiger partial charge on any atom is 0.303 e. The zero-order valence-electron chi connectivity index (χ0n) is 15.3. The van der Waals surface area contributed by atoms with E-state index in [-0.39, 0.29) is 17.7 Å². The Morgan fingerprint density at radius 3 is 2.55 bits per heavy atom. The fourth-order valence-electron chi connectivity index (χ4n) is 2.40. The number of hydrogen-bond donors (Lipinski definition) is 3. The number of hydrogen-bond acceptors (Lipinski definition) is 4. The molecule has 0 bridgehead atoms. The maximum absolute atomic E-state index is 14.3. The van der Waals surface area contributed by atoms with Crippen molar-refractivity contribution in [3.05, 3.63) is 56.9 Å². The molecule has 0 aliphatic rings.